The normalized spacial score (nSPS) is 10.8. The van der Waals surface area contributed by atoms with Crippen LogP contribution in [0.15, 0.2) is 41.7 Å². The molecule has 0 N–H and O–H groups in total. The average molecular weight is 272 g/mol. The van der Waals surface area contributed by atoms with Crippen LogP contribution < -0.4 is 4.74 Å². The molecule has 2 aromatic heterocycles. The molecule has 6 heteroatoms. The third-order valence-electron chi connectivity index (χ3n) is 2.84. The number of methoxy groups -OCH3 is 1. The smallest absolute Gasteiger partial charge is 0.254 e. The van der Waals surface area contributed by atoms with Crippen molar-refractivity contribution < 1.29 is 4.74 Å². The minimum atomic E-state index is 0.577. The average Bonchev–Trinajstić information content (AvgIpc) is 2.90. The summed E-state index contributed by atoms with van der Waals surface area (Å²) in [6.07, 6.45) is 7.41. The molecule has 0 bridgehead atoms. The standard InChI is InChI=1S/C13H12N4OS/c1-18-12-7-9(19-2)3-4-10(12)11-8-17-6-5-14-16-13(17)15-11/h3-8H,1-2H3. The lowest BCUT2D eigenvalue weighted by molar-refractivity contribution is 0.415. The van der Waals surface area contributed by atoms with E-state index in [0.29, 0.717) is 5.78 Å². The van der Waals surface area contributed by atoms with E-state index in [1.807, 2.05) is 35.2 Å². The first-order chi connectivity index (χ1) is 9.31. The van der Waals surface area contributed by atoms with E-state index in [4.69, 9.17) is 4.74 Å². The van der Waals surface area contributed by atoms with E-state index < -0.39 is 0 Å². The Morgan fingerprint density at radius 2 is 2.21 bits per heavy atom. The topological polar surface area (TPSA) is 52.3 Å². The van der Waals surface area contributed by atoms with Crippen LogP contribution in [0.3, 0.4) is 0 Å². The molecule has 2 heterocycles. The largest absolute Gasteiger partial charge is 0.496 e. The number of aromatic nitrogens is 4. The van der Waals surface area contributed by atoms with Crippen LogP contribution in [0.25, 0.3) is 17.0 Å². The highest BCUT2D eigenvalue weighted by atomic mass is 32.2. The van der Waals surface area contributed by atoms with Gasteiger partial charge in [-0.1, -0.05) is 0 Å². The second kappa shape index (κ2) is 4.89. The summed E-state index contributed by atoms with van der Waals surface area (Å²) in [5, 5.41) is 7.80. The molecule has 0 saturated heterocycles. The van der Waals surface area contributed by atoms with Gasteiger partial charge in [0, 0.05) is 22.9 Å². The SMILES string of the molecule is COc1cc(SC)ccc1-c1cn2ccnnc2n1. The number of imidazole rings is 1. The molecular formula is C13H12N4OS. The van der Waals surface area contributed by atoms with Gasteiger partial charge in [0.2, 0.25) is 0 Å². The Morgan fingerprint density at radius 3 is 2.95 bits per heavy atom. The van der Waals surface area contributed by atoms with Gasteiger partial charge in [0.05, 0.1) is 19.0 Å². The van der Waals surface area contributed by atoms with E-state index in [1.54, 1.807) is 25.1 Å². The molecule has 3 aromatic rings. The number of fused-ring (bicyclic) bond motifs is 1. The first-order valence-electron chi connectivity index (χ1n) is 5.70. The van der Waals surface area contributed by atoms with Crippen LogP contribution in [0.2, 0.25) is 0 Å². The van der Waals surface area contributed by atoms with Crippen LogP contribution in [0.5, 0.6) is 5.75 Å². The number of nitrogens with zero attached hydrogens (tertiary/aromatic N) is 4. The van der Waals surface area contributed by atoms with Crippen molar-refractivity contribution in [1.82, 2.24) is 19.6 Å². The lowest BCUT2D eigenvalue weighted by Crippen LogP contribution is -1.88. The molecular weight excluding hydrogens is 260 g/mol. The van der Waals surface area contributed by atoms with Gasteiger partial charge < -0.3 is 4.74 Å². The van der Waals surface area contributed by atoms with Crippen LogP contribution in [-0.4, -0.2) is 32.9 Å². The molecule has 0 atom stereocenters. The van der Waals surface area contributed by atoms with E-state index in [1.165, 1.54) is 0 Å². The van der Waals surface area contributed by atoms with E-state index in [0.717, 1.165) is 21.9 Å². The molecule has 0 aliphatic heterocycles. The first kappa shape index (κ1) is 12.0. The third-order valence-corrected chi connectivity index (χ3v) is 3.56. The summed E-state index contributed by atoms with van der Waals surface area (Å²) in [6, 6.07) is 6.08. The van der Waals surface area contributed by atoms with Gasteiger partial charge in [-0.2, -0.15) is 5.10 Å². The Kier molecular flexibility index (Phi) is 3.08. The maximum atomic E-state index is 5.44. The van der Waals surface area contributed by atoms with Crippen LogP contribution in [0.4, 0.5) is 0 Å². The summed E-state index contributed by atoms with van der Waals surface area (Å²) in [7, 11) is 1.67. The molecule has 0 amide bonds. The number of rotatable bonds is 3. The Labute approximate surface area is 114 Å². The van der Waals surface area contributed by atoms with Crippen molar-refractivity contribution in [1.29, 1.82) is 0 Å². The maximum Gasteiger partial charge on any atom is 0.254 e. The molecule has 96 valence electrons. The third kappa shape index (κ3) is 2.15. The Balaban J connectivity index is 2.15. The zero-order valence-electron chi connectivity index (χ0n) is 10.6. The van der Waals surface area contributed by atoms with Gasteiger partial charge in [-0.05, 0) is 24.5 Å². The van der Waals surface area contributed by atoms with Crippen molar-refractivity contribution in [3.05, 3.63) is 36.8 Å². The Morgan fingerprint density at radius 1 is 1.32 bits per heavy atom. The van der Waals surface area contributed by atoms with Crippen molar-refractivity contribution in [2.24, 2.45) is 0 Å². The lowest BCUT2D eigenvalue weighted by atomic mass is 10.1. The van der Waals surface area contributed by atoms with Gasteiger partial charge >= 0.3 is 0 Å². The van der Waals surface area contributed by atoms with Gasteiger partial charge in [-0.25, -0.2) is 4.98 Å². The predicted octanol–water partition coefficient (Wildman–Crippen LogP) is 2.52. The molecule has 0 aliphatic carbocycles. The second-order valence-corrected chi connectivity index (χ2v) is 4.79. The monoisotopic (exact) mass is 272 g/mol. The lowest BCUT2D eigenvalue weighted by Gasteiger charge is -2.07. The molecule has 3 rings (SSSR count). The molecule has 0 fully saturated rings. The summed E-state index contributed by atoms with van der Waals surface area (Å²) in [6.45, 7) is 0. The van der Waals surface area contributed by atoms with Crippen molar-refractivity contribution in [2.75, 3.05) is 13.4 Å². The maximum absolute atomic E-state index is 5.44. The van der Waals surface area contributed by atoms with Gasteiger partial charge in [-0.3, -0.25) is 4.40 Å². The van der Waals surface area contributed by atoms with Crippen LogP contribution in [-0.2, 0) is 0 Å². The Hall–Kier alpha value is -2.08. The fraction of sp³-hybridized carbons (Fsp3) is 0.154. The molecule has 0 radical (unpaired) electrons. The molecule has 0 saturated carbocycles. The fourth-order valence-electron chi connectivity index (χ4n) is 1.89. The van der Waals surface area contributed by atoms with Crippen LogP contribution >= 0.6 is 11.8 Å². The van der Waals surface area contributed by atoms with Crippen LogP contribution in [0, 0.1) is 0 Å². The number of ether oxygens (including phenoxy) is 1. The first-order valence-corrected chi connectivity index (χ1v) is 6.93. The summed E-state index contributed by atoms with van der Waals surface area (Å²) in [5.41, 5.74) is 1.77. The summed E-state index contributed by atoms with van der Waals surface area (Å²) in [4.78, 5) is 5.61. The molecule has 0 unspecified atom stereocenters. The fourth-order valence-corrected chi connectivity index (χ4v) is 2.32. The zero-order valence-corrected chi connectivity index (χ0v) is 11.4. The quantitative estimate of drug-likeness (QED) is 0.686. The van der Waals surface area contributed by atoms with Gasteiger partial charge in [-0.15, -0.1) is 16.9 Å². The van der Waals surface area contributed by atoms with Gasteiger partial charge in [0.25, 0.3) is 5.78 Å². The minimum Gasteiger partial charge on any atom is -0.496 e. The molecule has 1 aromatic carbocycles. The van der Waals surface area contributed by atoms with E-state index in [-0.39, 0.29) is 0 Å². The molecule has 0 spiro atoms. The Bertz CT molecular complexity index is 692. The van der Waals surface area contributed by atoms with Crippen molar-refractivity contribution in [3.8, 4) is 17.0 Å². The summed E-state index contributed by atoms with van der Waals surface area (Å²) < 4.78 is 7.28. The van der Waals surface area contributed by atoms with Crippen molar-refractivity contribution in [3.63, 3.8) is 0 Å². The molecule has 5 nitrogen and oxygen atoms in total. The summed E-state index contributed by atoms with van der Waals surface area (Å²) in [5.74, 6) is 1.39. The number of thioether (sulfide) groups is 1. The highest BCUT2D eigenvalue weighted by molar-refractivity contribution is 7.98. The predicted molar refractivity (Wildman–Crippen MR) is 74.6 cm³/mol. The van der Waals surface area contributed by atoms with Gasteiger partial charge in [0.1, 0.15) is 5.75 Å². The van der Waals surface area contributed by atoms with Crippen LogP contribution in [0.1, 0.15) is 0 Å². The highest BCUT2D eigenvalue weighted by Crippen LogP contribution is 2.32. The molecule has 19 heavy (non-hydrogen) atoms. The highest BCUT2D eigenvalue weighted by Gasteiger charge is 2.11. The second-order valence-electron chi connectivity index (χ2n) is 3.91. The van der Waals surface area contributed by atoms with E-state index in [9.17, 15) is 0 Å². The van der Waals surface area contributed by atoms with Crippen molar-refractivity contribution in [2.45, 2.75) is 4.90 Å². The van der Waals surface area contributed by atoms with Gasteiger partial charge in [0.15, 0.2) is 0 Å². The number of hydrogen-bond acceptors (Lipinski definition) is 5. The minimum absolute atomic E-state index is 0.577. The van der Waals surface area contributed by atoms with Crippen molar-refractivity contribution >= 4 is 17.5 Å². The zero-order chi connectivity index (χ0) is 13.2. The van der Waals surface area contributed by atoms with E-state index >= 15 is 0 Å². The van der Waals surface area contributed by atoms with E-state index in [2.05, 4.69) is 21.2 Å². The number of benzene rings is 1. The molecule has 0 aliphatic rings. The summed E-state index contributed by atoms with van der Waals surface area (Å²) >= 11 is 1.68. The number of hydrogen-bond donors (Lipinski definition) is 0.